The number of nitrogens with two attached hydrogens (primary N) is 1. The Kier molecular flexibility index (Phi) is 5.03. The number of pyridine rings is 2. The van der Waals surface area contributed by atoms with Gasteiger partial charge in [0.1, 0.15) is 18.3 Å². The molecule has 0 unspecified atom stereocenters. The Morgan fingerprint density at radius 2 is 1.97 bits per heavy atom. The van der Waals surface area contributed by atoms with E-state index in [4.69, 9.17) is 20.0 Å². The minimum atomic E-state index is 0.146. The van der Waals surface area contributed by atoms with E-state index in [-0.39, 0.29) is 5.41 Å². The quantitative estimate of drug-likeness (QED) is 0.698. The van der Waals surface area contributed by atoms with E-state index in [1.165, 1.54) is 5.56 Å². The Bertz CT molecular complexity index is 1060. The third-order valence-corrected chi connectivity index (χ3v) is 5.65. The molecule has 30 heavy (non-hydrogen) atoms. The van der Waals surface area contributed by atoms with Gasteiger partial charge in [-0.25, -0.2) is 9.97 Å². The predicted molar refractivity (Wildman–Crippen MR) is 116 cm³/mol. The summed E-state index contributed by atoms with van der Waals surface area (Å²) in [7, 11) is 1.91. The Balaban J connectivity index is 0.00000106. The van der Waals surface area contributed by atoms with Crippen molar-refractivity contribution in [2.45, 2.75) is 25.2 Å². The molecule has 3 heterocycles. The summed E-state index contributed by atoms with van der Waals surface area (Å²) in [5.41, 5.74) is 10.0. The average Bonchev–Trinajstić information content (AvgIpc) is 3.45. The molecule has 7 heteroatoms. The van der Waals surface area contributed by atoms with Gasteiger partial charge in [-0.15, -0.1) is 0 Å². The first kappa shape index (κ1) is 19.7. The first-order chi connectivity index (χ1) is 14.6. The highest BCUT2D eigenvalue weighted by molar-refractivity contribution is 5.70. The second kappa shape index (κ2) is 7.67. The van der Waals surface area contributed by atoms with E-state index in [1.54, 1.807) is 12.4 Å². The highest BCUT2D eigenvalue weighted by Gasteiger charge is 2.53. The Labute approximate surface area is 175 Å². The number of ether oxygens (including phenoxy) is 2. The molecule has 3 aromatic rings. The minimum absolute atomic E-state index is 0.146. The number of carbonyl (C=O) groups is 1. The van der Waals surface area contributed by atoms with Crippen LogP contribution in [0.4, 0.5) is 17.2 Å². The fourth-order valence-electron chi connectivity index (χ4n) is 3.83. The lowest BCUT2D eigenvalue weighted by Crippen LogP contribution is -2.13. The van der Waals surface area contributed by atoms with E-state index in [9.17, 15) is 0 Å². The van der Waals surface area contributed by atoms with E-state index < -0.39 is 0 Å². The summed E-state index contributed by atoms with van der Waals surface area (Å²) in [5.74, 6) is 3.08. The standard InChI is InChI=1S/C22H22N4O2.CH2O/c1-14-5-7-17(19-20(14)27-13-22(19)9-10-22)28-18-8-6-15(12-25-18)26(2)21-16(23)4-3-11-24-21;1-2/h3-8,11-12H,9-10,13,23H2,1-2H3;1H2. The average molecular weight is 404 g/mol. The van der Waals surface area contributed by atoms with Crippen LogP contribution < -0.4 is 20.1 Å². The lowest BCUT2D eigenvalue weighted by Gasteiger charge is -2.19. The summed E-state index contributed by atoms with van der Waals surface area (Å²) in [4.78, 5) is 18.7. The molecule has 154 valence electrons. The number of nitrogen functional groups attached to an aromatic ring is 1. The molecule has 1 aromatic carbocycles. The molecule has 1 saturated carbocycles. The van der Waals surface area contributed by atoms with Crippen molar-refractivity contribution < 1.29 is 14.3 Å². The van der Waals surface area contributed by atoms with E-state index in [0.29, 0.717) is 17.4 Å². The van der Waals surface area contributed by atoms with Crippen LogP contribution in [0.3, 0.4) is 0 Å². The molecular weight excluding hydrogens is 380 g/mol. The summed E-state index contributed by atoms with van der Waals surface area (Å²) in [5, 5.41) is 0. The number of anilines is 3. The monoisotopic (exact) mass is 404 g/mol. The van der Waals surface area contributed by atoms with Gasteiger partial charge in [0.2, 0.25) is 5.88 Å². The maximum atomic E-state index is 8.00. The van der Waals surface area contributed by atoms with E-state index in [2.05, 4.69) is 16.9 Å². The molecule has 7 nitrogen and oxygen atoms in total. The van der Waals surface area contributed by atoms with Crippen LogP contribution in [0, 0.1) is 6.92 Å². The number of hydrogen-bond acceptors (Lipinski definition) is 7. The van der Waals surface area contributed by atoms with Gasteiger partial charge in [-0.3, -0.25) is 0 Å². The van der Waals surface area contributed by atoms with E-state index in [0.717, 1.165) is 42.2 Å². The SMILES string of the molecule is C=O.Cc1ccc(Oc2ccc(N(C)c3ncccc3N)cn2)c2c1OCC21CC1. The highest BCUT2D eigenvalue weighted by atomic mass is 16.5. The summed E-state index contributed by atoms with van der Waals surface area (Å²) in [6.45, 7) is 4.84. The molecule has 2 N–H and O–H groups in total. The Hall–Kier alpha value is -3.61. The molecule has 2 aliphatic rings. The van der Waals surface area contributed by atoms with Crippen LogP contribution in [-0.2, 0) is 10.2 Å². The largest absolute Gasteiger partial charge is 0.492 e. The van der Waals surface area contributed by atoms with Crippen LogP contribution in [0.15, 0.2) is 48.8 Å². The summed E-state index contributed by atoms with van der Waals surface area (Å²) >= 11 is 0. The minimum Gasteiger partial charge on any atom is -0.492 e. The molecule has 0 atom stereocenters. The third kappa shape index (κ3) is 3.32. The van der Waals surface area contributed by atoms with Crippen LogP contribution in [0.5, 0.6) is 17.4 Å². The number of rotatable bonds is 4. The molecule has 1 aliphatic carbocycles. The van der Waals surface area contributed by atoms with Gasteiger partial charge in [-0.05, 0) is 49.6 Å². The molecule has 0 saturated heterocycles. The van der Waals surface area contributed by atoms with Gasteiger partial charge in [0, 0.05) is 30.3 Å². The maximum Gasteiger partial charge on any atom is 0.219 e. The van der Waals surface area contributed by atoms with Gasteiger partial charge in [0.25, 0.3) is 0 Å². The summed E-state index contributed by atoms with van der Waals surface area (Å²) < 4.78 is 12.1. The zero-order valence-electron chi connectivity index (χ0n) is 17.1. The second-order valence-corrected chi connectivity index (χ2v) is 7.59. The molecule has 2 aromatic heterocycles. The van der Waals surface area contributed by atoms with E-state index in [1.807, 2.05) is 55.1 Å². The smallest absolute Gasteiger partial charge is 0.219 e. The summed E-state index contributed by atoms with van der Waals surface area (Å²) in [6.07, 6.45) is 5.80. The van der Waals surface area contributed by atoms with E-state index >= 15 is 0 Å². The van der Waals surface area contributed by atoms with Crippen molar-refractivity contribution in [2.24, 2.45) is 0 Å². The van der Waals surface area contributed by atoms with Gasteiger partial charge < -0.3 is 24.9 Å². The zero-order valence-corrected chi connectivity index (χ0v) is 17.1. The van der Waals surface area contributed by atoms with Crippen molar-refractivity contribution in [3.8, 4) is 17.4 Å². The van der Waals surface area contributed by atoms with Crippen molar-refractivity contribution in [3.63, 3.8) is 0 Å². The molecular formula is C23H24N4O3. The van der Waals surface area contributed by atoms with Crippen LogP contribution >= 0.6 is 0 Å². The lowest BCUT2D eigenvalue weighted by molar-refractivity contribution is -0.0979. The molecule has 5 rings (SSSR count). The van der Waals surface area contributed by atoms with Gasteiger partial charge in [0.05, 0.1) is 24.2 Å². The van der Waals surface area contributed by atoms with Crippen molar-refractivity contribution in [1.82, 2.24) is 9.97 Å². The van der Waals surface area contributed by atoms with Crippen LogP contribution in [-0.4, -0.2) is 30.4 Å². The van der Waals surface area contributed by atoms with Gasteiger partial charge in [-0.1, -0.05) is 6.07 Å². The number of benzene rings is 1. The first-order valence-electron chi connectivity index (χ1n) is 9.71. The Morgan fingerprint density at radius 3 is 2.63 bits per heavy atom. The maximum absolute atomic E-state index is 8.00. The number of carbonyl (C=O) groups excluding carboxylic acids is 1. The molecule has 1 fully saturated rings. The summed E-state index contributed by atoms with van der Waals surface area (Å²) in [6, 6.07) is 11.5. The third-order valence-electron chi connectivity index (χ3n) is 5.65. The predicted octanol–water partition coefficient (Wildman–Crippen LogP) is 4.17. The number of aryl methyl sites for hydroxylation is 1. The molecule has 0 radical (unpaired) electrons. The van der Waals surface area contributed by atoms with Crippen molar-refractivity contribution in [3.05, 3.63) is 59.9 Å². The number of hydrogen-bond donors (Lipinski definition) is 1. The zero-order chi connectivity index (χ0) is 21.3. The Morgan fingerprint density at radius 1 is 1.17 bits per heavy atom. The van der Waals surface area contributed by atoms with Crippen molar-refractivity contribution in [1.29, 1.82) is 0 Å². The van der Waals surface area contributed by atoms with Gasteiger partial charge in [0.15, 0.2) is 5.82 Å². The van der Waals surface area contributed by atoms with Crippen molar-refractivity contribution in [2.75, 3.05) is 24.3 Å². The molecule has 1 aliphatic heterocycles. The van der Waals surface area contributed by atoms with Crippen LogP contribution in [0.1, 0.15) is 24.0 Å². The van der Waals surface area contributed by atoms with Crippen LogP contribution in [0.25, 0.3) is 0 Å². The fourth-order valence-corrected chi connectivity index (χ4v) is 3.83. The van der Waals surface area contributed by atoms with Gasteiger partial charge in [-0.2, -0.15) is 0 Å². The van der Waals surface area contributed by atoms with Crippen molar-refractivity contribution >= 4 is 24.0 Å². The second-order valence-electron chi connectivity index (χ2n) is 7.59. The molecule has 0 bridgehead atoms. The lowest BCUT2D eigenvalue weighted by atomic mass is 9.95. The topological polar surface area (TPSA) is 90.6 Å². The molecule has 1 spiro atoms. The molecule has 0 amide bonds. The van der Waals surface area contributed by atoms with Crippen LogP contribution in [0.2, 0.25) is 0 Å². The van der Waals surface area contributed by atoms with Gasteiger partial charge >= 0.3 is 0 Å². The fraction of sp³-hybridized carbons (Fsp3) is 0.261. The number of nitrogens with zero attached hydrogens (tertiary/aromatic N) is 3. The number of fused-ring (bicyclic) bond motifs is 2. The highest BCUT2D eigenvalue weighted by Crippen LogP contribution is 2.59. The normalized spacial score (nSPS) is 14.9. The number of aromatic nitrogens is 2. The first-order valence-corrected chi connectivity index (χ1v) is 9.71.